The number of hydrogen-bond donors (Lipinski definition) is 2. The molecule has 3 amide bonds. The van der Waals surface area contributed by atoms with E-state index in [9.17, 15) is 23.2 Å². The number of carbonyl (C=O) groups is 3. The number of amides is 3. The average Bonchev–Trinajstić information content (AvgIpc) is 3.43. The molecule has 0 unspecified atom stereocenters. The predicted octanol–water partition coefficient (Wildman–Crippen LogP) is 4.51. The van der Waals surface area contributed by atoms with Crippen molar-refractivity contribution in [1.82, 2.24) is 10.6 Å². The van der Waals surface area contributed by atoms with Crippen LogP contribution in [0, 0.1) is 11.6 Å². The van der Waals surface area contributed by atoms with Crippen LogP contribution < -0.4 is 15.5 Å². The zero-order valence-electron chi connectivity index (χ0n) is 19.6. The number of furan rings is 1. The molecule has 7 nitrogen and oxygen atoms in total. The maximum absolute atomic E-state index is 13.7. The van der Waals surface area contributed by atoms with Crippen molar-refractivity contribution < 1.29 is 27.6 Å². The minimum atomic E-state index is -1.17. The van der Waals surface area contributed by atoms with Crippen molar-refractivity contribution in [3.8, 4) is 0 Å². The van der Waals surface area contributed by atoms with Gasteiger partial charge in [-0.05, 0) is 66.9 Å². The molecule has 188 valence electrons. The highest BCUT2D eigenvalue weighted by Gasteiger charge is 2.34. The molecule has 0 bridgehead atoms. The minimum Gasteiger partial charge on any atom is -0.459 e. The molecule has 9 heteroatoms. The van der Waals surface area contributed by atoms with Crippen molar-refractivity contribution in [1.29, 1.82) is 0 Å². The van der Waals surface area contributed by atoms with Crippen molar-refractivity contribution in [3.05, 3.63) is 89.9 Å². The Morgan fingerprint density at radius 3 is 2.17 bits per heavy atom. The first-order valence-corrected chi connectivity index (χ1v) is 11.9. The molecular weight excluding hydrogens is 468 g/mol. The number of hydrogen-bond acceptors (Lipinski definition) is 4. The van der Waals surface area contributed by atoms with Gasteiger partial charge in [0.2, 0.25) is 11.8 Å². The Morgan fingerprint density at radius 2 is 1.56 bits per heavy atom. The molecule has 1 heterocycles. The van der Waals surface area contributed by atoms with Crippen LogP contribution in [0.5, 0.6) is 0 Å². The van der Waals surface area contributed by atoms with Crippen LogP contribution in [0.2, 0.25) is 0 Å². The maximum atomic E-state index is 13.7. The van der Waals surface area contributed by atoms with Gasteiger partial charge in [0.15, 0.2) is 5.76 Å². The molecule has 1 aromatic heterocycles. The van der Waals surface area contributed by atoms with E-state index in [0.717, 1.165) is 32.1 Å². The molecule has 3 aromatic rings. The van der Waals surface area contributed by atoms with E-state index in [0.29, 0.717) is 5.56 Å². The fourth-order valence-electron chi connectivity index (χ4n) is 4.36. The third-order valence-corrected chi connectivity index (χ3v) is 6.16. The Balaban J connectivity index is 1.67. The molecule has 0 radical (unpaired) electrons. The summed E-state index contributed by atoms with van der Waals surface area (Å²) in [6.45, 7) is -0.453. The van der Waals surface area contributed by atoms with Crippen molar-refractivity contribution in [3.63, 3.8) is 0 Å². The molecule has 1 aliphatic carbocycles. The van der Waals surface area contributed by atoms with Crippen LogP contribution in [0.15, 0.2) is 71.3 Å². The summed E-state index contributed by atoms with van der Waals surface area (Å²) in [4.78, 5) is 40.7. The molecule has 2 aromatic carbocycles. The quantitative estimate of drug-likeness (QED) is 0.481. The van der Waals surface area contributed by atoms with Crippen LogP contribution in [0.3, 0.4) is 0 Å². The molecule has 0 aliphatic heterocycles. The summed E-state index contributed by atoms with van der Waals surface area (Å²) >= 11 is 0. The molecule has 0 saturated heterocycles. The van der Waals surface area contributed by atoms with Gasteiger partial charge in [-0.3, -0.25) is 19.3 Å². The number of anilines is 1. The predicted molar refractivity (Wildman–Crippen MR) is 129 cm³/mol. The van der Waals surface area contributed by atoms with E-state index < -0.39 is 41.9 Å². The molecule has 1 atom stereocenters. The lowest BCUT2D eigenvalue weighted by atomic mass is 9.94. The van der Waals surface area contributed by atoms with E-state index in [1.807, 2.05) is 0 Å². The van der Waals surface area contributed by atoms with Crippen molar-refractivity contribution in [2.45, 2.75) is 44.2 Å². The van der Waals surface area contributed by atoms with Crippen LogP contribution in [-0.4, -0.2) is 30.3 Å². The average molecular weight is 496 g/mol. The standard InChI is InChI=1S/C27H27F2N3O4/c28-19-10-8-18(9-11-19)25(27(35)31-21-5-2-1-3-6-21)32(22-14-12-20(29)13-15-22)24(33)17-30-26(34)23-7-4-16-36-23/h4,7-16,21,25H,1-3,5-6,17H2,(H,30,34)(H,31,35)/t25-/m1/s1. The van der Waals surface area contributed by atoms with E-state index in [4.69, 9.17) is 4.42 Å². The van der Waals surface area contributed by atoms with Gasteiger partial charge < -0.3 is 15.1 Å². The Hall–Kier alpha value is -4.01. The molecule has 1 aliphatic rings. The smallest absolute Gasteiger partial charge is 0.287 e. The summed E-state index contributed by atoms with van der Waals surface area (Å²) in [5, 5.41) is 5.53. The number of benzene rings is 2. The summed E-state index contributed by atoms with van der Waals surface area (Å²) < 4.78 is 32.5. The number of nitrogens with zero attached hydrogens (tertiary/aromatic N) is 1. The van der Waals surface area contributed by atoms with Gasteiger partial charge in [0.05, 0.1) is 12.8 Å². The van der Waals surface area contributed by atoms with E-state index >= 15 is 0 Å². The summed E-state index contributed by atoms with van der Waals surface area (Å²) in [6.07, 6.45) is 6.07. The first-order chi connectivity index (χ1) is 17.4. The highest BCUT2D eigenvalue weighted by atomic mass is 19.1. The topological polar surface area (TPSA) is 91.7 Å². The van der Waals surface area contributed by atoms with Crippen LogP contribution in [-0.2, 0) is 9.59 Å². The van der Waals surface area contributed by atoms with Gasteiger partial charge in [-0.1, -0.05) is 31.4 Å². The molecule has 0 spiro atoms. The van der Waals surface area contributed by atoms with Crippen molar-refractivity contribution >= 4 is 23.4 Å². The molecule has 2 N–H and O–H groups in total. The monoisotopic (exact) mass is 495 g/mol. The van der Waals surface area contributed by atoms with Gasteiger partial charge in [0.1, 0.15) is 17.7 Å². The van der Waals surface area contributed by atoms with Gasteiger partial charge in [0.25, 0.3) is 5.91 Å². The van der Waals surface area contributed by atoms with Gasteiger partial charge in [-0.15, -0.1) is 0 Å². The highest BCUT2D eigenvalue weighted by molar-refractivity contribution is 6.04. The molecule has 4 rings (SSSR count). The third-order valence-electron chi connectivity index (χ3n) is 6.16. The van der Waals surface area contributed by atoms with E-state index in [1.54, 1.807) is 6.07 Å². The molecular formula is C27H27F2N3O4. The van der Waals surface area contributed by atoms with E-state index in [2.05, 4.69) is 10.6 Å². The maximum Gasteiger partial charge on any atom is 0.287 e. The van der Waals surface area contributed by atoms with Crippen LogP contribution in [0.1, 0.15) is 54.3 Å². The molecule has 1 saturated carbocycles. The number of rotatable bonds is 8. The second-order valence-corrected chi connectivity index (χ2v) is 8.70. The molecule has 1 fully saturated rings. The van der Waals surface area contributed by atoms with Crippen molar-refractivity contribution in [2.75, 3.05) is 11.4 Å². The Bertz CT molecular complexity index is 1170. The highest BCUT2D eigenvalue weighted by Crippen LogP contribution is 2.29. The van der Waals surface area contributed by atoms with Gasteiger partial charge >= 0.3 is 0 Å². The van der Waals surface area contributed by atoms with Crippen molar-refractivity contribution in [2.24, 2.45) is 0 Å². The first-order valence-electron chi connectivity index (χ1n) is 11.9. The van der Waals surface area contributed by atoms with Gasteiger partial charge in [0, 0.05) is 11.7 Å². The fraction of sp³-hybridized carbons (Fsp3) is 0.296. The second-order valence-electron chi connectivity index (χ2n) is 8.70. The Morgan fingerprint density at radius 1 is 0.917 bits per heavy atom. The number of carbonyl (C=O) groups excluding carboxylic acids is 3. The zero-order valence-corrected chi connectivity index (χ0v) is 19.6. The zero-order chi connectivity index (χ0) is 25.5. The summed E-state index contributed by atoms with van der Waals surface area (Å²) in [5.74, 6) is -2.63. The van der Waals surface area contributed by atoms with Gasteiger partial charge in [-0.2, -0.15) is 0 Å². The number of halogens is 2. The van der Waals surface area contributed by atoms with E-state index in [-0.39, 0.29) is 17.5 Å². The number of nitrogens with one attached hydrogen (secondary N) is 2. The molecule has 36 heavy (non-hydrogen) atoms. The normalized spacial score (nSPS) is 14.6. The first kappa shape index (κ1) is 25.1. The van der Waals surface area contributed by atoms with Crippen LogP contribution >= 0.6 is 0 Å². The summed E-state index contributed by atoms with van der Waals surface area (Å²) in [5.41, 5.74) is 0.626. The van der Waals surface area contributed by atoms with Gasteiger partial charge in [-0.25, -0.2) is 8.78 Å². The fourth-order valence-corrected chi connectivity index (χ4v) is 4.36. The third kappa shape index (κ3) is 6.16. The summed E-state index contributed by atoms with van der Waals surface area (Å²) in [7, 11) is 0. The lowest BCUT2D eigenvalue weighted by molar-refractivity contribution is -0.127. The van der Waals surface area contributed by atoms with E-state index in [1.165, 1.54) is 65.8 Å². The second kappa shape index (κ2) is 11.6. The lowest BCUT2D eigenvalue weighted by Gasteiger charge is -2.33. The van der Waals surface area contributed by atoms with Crippen LogP contribution in [0.25, 0.3) is 0 Å². The summed E-state index contributed by atoms with van der Waals surface area (Å²) in [6, 6.07) is 12.2. The van der Waals surface area contributed by atoms with Crippen LogP contribution in [0.4, 0.5) is 14.5 Å². The minimum absolute atomic E-state index is 0.0289. The Labute approximate surface area is 207 Å². The SMILES string of the molecule is O=C(NCC(=O)N(c1ccc(F)cc1)[C@@H](C(=O)NC1CCCCC1)c1ccc(F)cc1)c1ccco1. The largest absolute Gasteiger partial charge is 0.459 e. The lowest BCUT2D eigenvalue weighted by Crippen LogP contribution is -2.49. The Kier molecular flexibility index (Phi) is 8.10.